The third kappa shape index (κ3) is 4.92. The number of nitrogens with zero attached hydrogens (tertiary/aromatic N) is 1. The van der Waals surface area contributed by atoms with Crippen LogP contribution >= 0.6 is 0 Å². The molecule has 3 rings (SSSR count). The number of nitrogens with one attached hydrogen (secondary N) is 1. The monoisotopic (exact) mass is 336 g/mol. The van der Waals surface area contributed by atoms with Gasteiger partial charge in [-0.25, -0.2) is 0 Å². The van der Waals surface area contributed by atoms with E-state index in [0.29, 0.717) is 25.9 Å². The Hall–Kier alpha value is -2.62. The van der Waals surface area contributed by atoms with Gasteiger partial charge >= 0.3 is 0 Å². The average Bonchev–Trinajstić information content (AvgIpc) is 2.93. The second-order valence-electron chi connectivity index (χ2n) is 6.71. The van der Waals surface area contributed by atoms with Gasteiger partial charge in [0.1, 0.15) is 0 Å². The van der Waals surface area contributed by atoms with E-state index in [1.54, 1.807) is 0 Å². The lowest BCUT2D eigenvalue weighted by atomic mass is 10.1. The normalized spacial score (nSPS) is 16.9. The predicted molar refractivity (Wildman–Crippen MR) is 98.2 cm³/mol. The van der Waals surface area contributed by atoms with E-state index in [0.717, 1.165) is 17.5 Å². The van der Waals surface area contributed by atoms with Gasteiger partial charge < -0.3 is 10.2 Å². The molecule has 130 valence electrons. The highest BCUT2D eigenvalue weighted by Gasteiger charge is 2.30. The van der Waals surface area contributed by atoms with E-state index in [1.165, 1.54) is 5.56 Å². The first-order valence-corrected chi connectivity index (χ1v) is 8.77. The van der Waals surface area contributed by atoms with Gasteiger partial charge in [-0.15, -0.1) is 0 Å². The first-order valence-electron chi connectivity index (χ1n) is 8.77. The van der Waals surface area contributed by atoms with Crippen molar-refractivity contribution < 1.29 is 9.59 Å². The Kier molecular flexibility index (Phi) is 5.49. The summed E-state index contributed by atoms with van der Waals surface area (Å²) in [6, 6.07) is 18.0. The maximum Gasteiger partial charge on any atom is 0.224 e. The molecule has 1 fully saturated rings. The number of hydrogen-bond acceptors (Lipinski definition) is 2. The van der Waals surface area contributed by atoms with Crippen molar-refractivity contribution in [3.63, 3.8) is 0 Å². The van der Waals surface area contributed by atoms with Crippen LogP contribution in [0, 0.1) is 6.92 Å². The lowest BCUT2D eigenvalue weighted by Crippen LogP contribution is -2.38. The van der Waals surface area contributed by atoms with Crippen molar-refractivity contribution in [2.75, 3.05) is 13.1 Å². The molecule has 2 amide bonds. The Bertz CT molecular complexity index is 743. The Morgan fingerprint density at radius 1 is 1.12 bits per heavy atom. The standard InChI is InChI=1S/C21H24N2O2/c1-16-6-5-9-18(12-16)13-20(24)22-19-14-21(25)23(15-19)11-10-17-7-3-2-4-8-17/h2-9,12,19H,10-11,13-15H2,1H3,(H,22,24)/t19-/m0/s1. The van der Waals surface area contributed by atoms with Crippen LogP contribution in [0.25, 0.3) is 0 Å². The third-order valence-corrected chi connectivity index (χ3v) is 4.54. The number of likely N-dealkylation sites (tertiary alicyclic amines) is 1. The number of carbonyl (C=O) groups is 2. The molecule has 2 aromatic rings. The zero-order valence-corrected chi connectivity index (χ0v) is 14.6. The highest BCUT2D eigenvalue weighted by atomic mass is 16.2. The molecule has 1 saturated heterocycles. The Morgan fingerprint density at radius 3 is 2.64 bits per heavy atom. The van der Waals surface area contributed by atoms with Crippen LogP contribution in [0.3, 0.4) is 0 Å². The van der Waals surface area contributed by atoms with Crippen LogP contribution in [0.15, 0.2) is 54.6 Å². The summed E-state index contributed by atoms with van der Waals surface area (Å²) in [5, 5.41) is 3.00. The van der Waals surface area contributed by atoms with E-state index in [1.807, 2.05) is 54.3 Å². The van der Waals surface area contributed by atoms with Crippen molar-refractivity contribution in [3.05, 3.63) is 71.3 Å². The summed E-state index contributed by atoms with van der Waals surface area (Å²) in [6.07, 6.45) is 1.60. The van der Waals surface area contributed by atoms with E-state index >= 15 is 0 Å². The van der Waals surface area contributed by atoms with Crippen LogP contribution in [-0.2, 0) is 22.4 Å². The minimum Gasteiger partial charge on any atom is -0.351 e. The lowest BCUT2D eigenvalue weighted by molar-refractivity contribution is -0.127. The molecule has 0 radical (unpaired) electrons. The number of hydrogen-bond donors (Lipinski definition) is 1. The van der Waals surface area contributed by atoms with Gasteiger partial charge in [0, 0.05) is 19.5 Å². The molecule has 4 nitrogen and oxygen atoms in total. The van der Waals surface area contributed by atoms with Crippen molar-refractivity contribution >= 4 is 11.8 Å². The second-order valence-corrected chi connectivity index (χ2v) is 6.71. The van der Waals surface area contributed by atoms with E-state index in [-0.39, 0.29) is 17.9 Å². The quantitative estimate of drug-likeness (QED) is 0.881. The minimum atomic E-state index is -0.0828. The Morgan fingerprint density at radius 2 is 1.88 bits per heavy atom. The second kappa shape index (κ2) is 7.97. The third-order valence-electron chi connectivity index (χ3n) is 4.54. The van der Waals surface area contributed by atoms with Gasteiger partial charge in [0.25, 0.3) is 0 Å². The van der Waals surface area contributed by atoms with Crippen LogP contribution in [0.2, 0.25) is 0 Å². The van der Waals surface area contributed by atoms with E-state index < -0.39 is 0 Å². The van der Waals surface area contributed by atoms with Crippen LogP contribution in [0.5, 0.6) is 0 Å². The fourth-order valence-corrected chi connectivity index (χ4v) is 3.28. The molecular weight excluding hydrogens is 312 g/mol. The topological polar surface area (TPSA) is 49.4 Å². The smallest absolute Gasteiger partial charge is 0.224 e. The molecule has 0 unspecified atom stereocenters. The van der Waals surface area contributed by atoms with Crippen molar-refractivity contribution in [2.24, 2.45) is 0 Å². The Balaban J connectivity index is 1.48. The maximum atomic E-state index is 12.2. The van der Waals surface area contributed by atoms with Crippen molar-refractivity contribution in [1.29, 1.82) is 0 Å². The average molecular weight is 336 g/mol. The lowest BCUT2D eigenvalue weighted by Gasteiger charge is -2.17. The highest BCUT2D eigenvalue weighted by molar-refractivity contribution is 5.83. The van der Waals surface area contributed by atoms with Gasteiger partial charge in [-0.05, 0) is 24.5 Å². The molecule has 0 aliphatic carbocycles. The number of benzene rings is 2. The summed E-state index contributed by atoms with van der Waals surface area (Å²) < 4.78 is 0. The first kappa shape index (κ1) is 17.2. The fraction of sp³-hybridized carbons (Fsp3) is 0.333. The summed E-state index contributed by atoms with van der Waals surface area (Å²) in [7, 11) is 0. The minimum absolute atomic E-state index is 0.0201. The molecule has 1 aliphatic rings. The fourth-order valence-electron chi connectivity index (χ4n) is 3.28. The van der Waals surface area contributed by atoms with E-state index in [4.69, 9.17) is 0 Å². The van der Waals surface area contributed by atoms with E-state index in [2.05, 4.69) is 17.4 Å². The number of aryl methyl sites for hydroxylation is 1. The SMILES string of the molecule is Cc1cccc(CC(=O)N[C@H]2CC(=O)N(CCc3ccccc3)C2)c1. The summed E-state index contributed by atoms with van der Waals surface area (Å²) in [4.78, 5) is 26.2. The van der Waals surface area contributed by atoms with Crippen LogP contribution in [0.4, 0.5) is 0 Å². The van der Waals surface area contributed by atoms with Gasteiger partial charge in [-0.1, -0.05) is 60.2 Å². The summed E-state index contributed by atoms with van der Waals surface area (Å²) in [5.41, 5.74) is 3.37. The predicted octanol–water partition coefficient (Wildman–Crippen LogP) is 2.50. The molecule has 0 aromatic heterocycles. The molecule has 1 aliphatic heterocycles. The van der Waals surface area contributed by atoms with Crippen LogP contribution < -0.4 is 5.32 Å². The first-order chi connectivity index (χ1) is 12.1. The van der Waals surface area contributed by atoms with Crippen molar-refractivity contribution in [1.82, 2.24) is 10.2 Å². The van der Waals surface area contributed by atoms with E-state index in [9.17, 15) is 9.59 Å². The van der Waals surface area contributed by atoms with Gasteiger partial charge in [-0.3, -0.25) is 9.59 Å². The molecule has 1 atom stereocenters. The molecule has 0 saturated carbocycles. The zero-order valence-electron chi connectivity index (χ0n) is 14.6. The van der Waals surface area contributed by atoms with Gasteiger partial charge in [0.05, 0.1) is 12.5 Å². The Labute approximate surface area is 148 Å². The summed E-state index contributed by atoms with van der Waals surface area (Å²) in [5.74, 6) is 0.102. The number of carbonyl (C=O) groups excluding carboxylic acids is 2. The maximum absolute atomic E-state index is 12.2. The van der Waals surface area contributed by atoms with Crippen molar-refractivity contribution in [3.8, 4) is 0 Å². The number of amides is 2. The van der Waals surface area contributed by atoms with Crippen molar-refractivity contribution in [2.45, 2.75) is 32.2 Å². The summed E-state index contributed by atoms with van der Waals surface area (Å²) in [6.45, 7) is 3.32. The molecule has 25 heavy (non-hydrogen) atoms. The van der Waals surface area contributed by atoms with Gasteiger partial charge in [-0.2, -0.15) is 0 Å². The van der Waals surface area contributed by atoms with Gasteiger partial charge in [0.15, 0.2) is 0 Å². The molecule has 0 bridgehead atoms. The highest BCUT2D eigenvalue weighted by Crippen LogP contribution is 2.13. The zero-order chi connectivity index (χ0) is 17.6. The van der Waals surface area contributed by atoms with Gasteiger partial charge in [0.2, 0.25) is 11.8 Å². The van der Waals surface area contributed by atoms with Crippen LogP contribution in [0.1, 0.15) is 23.1 Å². The molecule has 4 heteroatoms. The molecule has 0 spiro atoms. The summed E-state index contributed by atoms with van der Waals surface area (Å²) >= 11 is 0. The largest absolute Gasteiger partial charge is 0.351 e. The number of rotatable bonds is 6. The molecule has 1 N–H and O–H groups in total. The molecule has 1 heterocycles. The molecule has 2 aromatic carbocycles. The van der Waals surface area contributed by atoms with Crippen LogP contribution in [-0.4, -0.2) is 35.8 Å². The molecular formula is C21H24N2O2.